The van der Waals surface area contributed by atoms with E-state index < -0.39 is 52.4 Å². The van der Waals surface area contributed by atoms with Crippen molar-refractivity contribution >= 4 is 16.0 Å². The second-order valence-corrected chi connectivity index (χ2v) is 13.0. The zero-order chi connectivity index (χ0) is 30.3. The highest BCUT2D eigenvalue weighted by molar-refractivity contribution is 7.89. The molecule has 0 aromatic heterocycles. The number of sulfonamides is 1. The number of methoxy groups -OCH3 is 1. The quantitative estimate of drug-likeness (QED) is 0.149. The minimum Gasteiger partial charge on any atom is -0.497 e. The Morgan fingerprint density at radius 1 is 1.12 bits per heavy atom. The molecule has 2 heterocycles. The molecule has 12 nitrogen and oxygen atoms in total. The fourth-order valence-corrected chi connectivity index (χ4v) is 7.02. The molecule has 2 aliphatic heterocycles. The number of azide groups is 1. The van der Waals surface area contributed by atoms with Gasteiger partial charge in [-0.05, 0) is 47.7 Å². The summed E-state index contributed by atoms with van der Waals surface area (Å²) in [5.74, 6) is -1.12. The molecule has 0 bridgehead atoms. The van der Waals surface area contributed by atoms with Gasteiger partial charge in [0.15, 0.2) is 6.29 Å². The Bertz CT molecular complexity index is 1340. The summed E-state index contributed by atoms with van der Waals surface area (Å²) in [5, 5.41) is 15.2. The number of aliphatic hydroxyl groups is 1. The predicted octanol–water partition coefficient (Wildman–Crippen LogP) is 3.55. The second kappa shape index (κ2) is 14.3. The Labute approximate surface area is 246 Å². The number of ether oxygens (including phenoxy) is 4. The third-order valence-corrected chi connectivity index (χ3v) is 9.34. The van der Waals surface area contributed by atoms with E-state index in [-0.39, 0.29) is 43.5 Å². The van der Waals surface area contributed by atoms with Crippen LogP contribution in [0.4, 0.5) is 0 Å². The molecule has 0 radical (unpaired) electrons. The highest BCUT2D eigenvalue weighted by atomic mass is 32.2. The molecule has 13 heteroatoms. The number of carbonyl (C=O) groups is 1. The molecule has 42 heavy (non-hydrogen) atoms. The summed E-state index contributed by atoms with van der Waals surface area (Å²) in [4.78, 5) is 16.2. The van der Waals surface area contributed by atoms with Gasteiger partial charge >= 0.3 is 5.97 Å². The molecule has 0 amide bonds. The van der Waals surface area contributed by atoms with E-state index in [1.54, 1.807) is 12.1 Å². The van der Waals surface area contributed by atoms with Crippen LogP contribution in [0.15, 0.2) is 64.6 Å². The van der Waals surface area contributed by atoms with Crippen LogP contribution >= 0.6 is 0 Å². The molecule has 1 N–H and O–H groups in total. The zero-order valence-electron chi connectivity index (χ0n) is 24.0. The molecule has 2 aromatic rings. The number of nitrogens with zero attached hydrogens (tertiary/aromatic N) is 4. The summed E-state index contributed by atoms with van der Waals surface area (Å²) in [7, 11) is -2.46. The highest BCUT2D eigenvalue weighted by Crippen LogP contribution is 2.36. The van der Waals surface area contributed by atoms with Crippen molar-refractivity contribution in [1.29, 1.82) is 0 Å². The maximum atomic E-state index is 13.6. The van der Waals surface area contributed by atoms with Crippen molar-refractivity contribution < 1.29 is 37.3 Å². The number of aliphatic hydroxyl groups excluding tert-OH is 1. The van der Waals surface area contributed by atoms with Gasteiger partial charge < -0.3 is 24.1 Å². The van der Waals surface area contributed by atoms with Crippen LogP contribution in [0.1, 0.15) is 25.8 Å². The van der Waals surface area contributed by atoms with Crippen molar-refractivity contribution in [2.24, 2.45) is 22.9 Å². The molecule has 228 valence electrons. The molecule has 0 spiro atoms. The molecule has 0 unspecified atom stereocenters. The van der Waals surface area contributed by atoms with Crippen LogP contribution in [0, 0.1) is 17.8 Å². The van der Waals surface area contributed by atoms with E-state index in [9.17, 15) is 18.3 Å². The summed E-state index contributed by atoms with van der Waals surface area (Å²) in [6, 6.07) is 15.0. The third kappa shape index (κ3) is 7.80. The Balaban J connectivity index is 1.52. The van der Waals surface area contributed by atoms with E-state index in [2.05, 4.69) is 10.0 Å². The maximum absolute atomic E-state index is 13.6. The first-order valence-electron chi connectivity index (χ1n) is 14.0. The van der Waals surface area contributed by atoms with E-state index >= 15 is 0 Å². The minimum atomic E-state index is -3.96. The molecule has 6 atom stereocenters. The molecular formula is C29H38N4O8S. The normalized spacial score (nSPS) is 23.3. The van der Waals surface area contributed by atoms with E-state index in [0.29, 0.717) is 12.2 Å². The Morgan fingerprint density at radius 3 is 2.45 bits per heavy atom. The van der Waals surface area contributed by atoms with Crippen LogP contribution in [0.5, 0.6) is 5.75 Å². The van der Waals surface area contributed by atoms with E-state index in [1.165, 1.54) is 23.5 Å². The summed E-state index contributed by atoms with van der Waals surface area (Å²) in [6.45, 7) is 4.05. The summed E-state index contributed by atoms with van der Waals surface area (Å²) in [5.41, 5.74) is 9.78. The van der Waals surface area contributed by atoms with Crippen LogP contribution in [-0.2, 0) is 35.4 Å². The number of esters is 1. The van der Waals surface area contributed by atoms with Gasteiger partial charge in [-0.1, -0.05) is 49.3 Å². The molecule has 2 saturated heterocycles. The van der Waals surface area contributed by atoms with E-state index in [1.807, 2.05) is 44.2 Å². The van der Waals surface area contributed by atoms with Crippen LogP contribution in [0.3, 0.4) is 0 Å². The van der Waals surface area contributed by atoms with Gasteiger partial charge in [-0.3, -0.25) is 4.79 Å². The first kappa shape index (κ1) is 31.7. The summed E-state index contributed by atoms with van der Waals surface area (Å²) >= 11 is 0. The Hall–Kier alpha value is -3.19. The number of rotatable bonds is 14. The van der Waals surface area contributed by atoms with Gasteiger partial charge in [-0.2, -0.15) is 4.31 Å². The van der Waals surface area contributed by atoms with Crippen molar-refractivity contribution in [3.05, 3.63) is 70.6 Å². The summed E-state index contributed by atoms with van der Waals surface area (Å²) < 4.78 is 50.6. The van der Waals surface area contributed by atoms with Crippen LogP contribution in [0.2, 0.25) is 0 Å². The lowest BCUT2D eigenvalue weighted by atomic mass is 9.90. The fourth-order valence-electron chi connectivity index (χ4n) is 5.39. The Kier molecular flexibility index (Phi) is 10.8. The number of hydrogen-bond acceptors (Lipinski definition) is 9. The number of carbonyl (C=O) groups excluding carboxylic acids is 1. The van der Waals surface area contributed by atoms with Gasteiger partial charge in [-0.25, -0.2) is 8.42 Å². The van der Waals surface area contributed by atoms with Gasteiger partial charge in [0.25, 0.3) is 0 Å². The van der Waals surface area contributed by atoms with Crippen LogP contribution in [0.25, 0.3) is 10.4 Å². The molecule has 0 saturated carbocycles. The standard InChI is InChI=1S/C29H38N4O8S/c1-19(2)15-33(42(36,37)23-11-9-22(38-3)10-12-23)16-25(34)21(13-20-7-5-4-6-8-20)14-27(35)41-26-18-40-29-28(26)24(17-39-29)31-32-30/h4-12,19,21,24-26,28-29,34H,13-18H2,1-3H3/t21-,24+,25-,26+,28+,29-/m1/s1. The largest absolute Gasteiger partial charge is 0.497 e. The molecule has 4 rings (SSSR count). The average molecular weight is 603 g/mol. The fraction of sp³-hybridized carbons (Fsp3) is 0.552. The topological polar surface area (TPSA) is 160 Å². The maximum Gasteiger partial charge on any atom is 0.306 e. The number of fused-ring (bicyclic) bond motifs is 1. The lowest BCUT2D eigenvalue weighted by molar-refractivity contribution is -0.153. The Morgan fingerprint density at radius 2 is 1.81 bits per heavy atom. The van der Waals surface area contributed by atoms with Crippen molar-refractivity contribution in [1.82, 2.24) is 4.31 Å². The molecule has 0 aliphatic carbocycles. The van der Waals surface area contributed by atoms with Crippen molar-refractivity contribution in [2.75, 3.05) is 33.4 Å². The van der Waals surface area contributed by atoms with Crippen molar-refractivity contribution in [3.8, 4) is 5.75 Å². The van der Waals surface area contributed by atoms with E-state index in [0.717, 1.165) is 5.56 Å². The third-order valence-electron chi connectivity index (χ3n) is 7.50. The van der Waals surface area contributed by atoms with Gasteiger partial charge in [0.05, 0.1) is 49.7 Å². The highest BCUT2D eigenvalue weighted by Gasteiger charge is 2.49. The zero-order valence-corrected chi connectivity index (χ0v) is 24.8. The molecular weight excluding hydrogens is 564 g/mol. The van der Waals surface area contributed by atoms with Gasteiger partial charge in [0, 0.05) is 23.9 Å². The van der Waals surface area contributed by atoms with Crippen LogP contribution < -0.4 is 4.74 Å². The first-order chi connectivity index (χ1) is 20.1. The number of hydrogen-bond donors (Lipinski definition) is 1. The van der Waals surface area contributed by atoms with Gasteiger partial charge in [0.2, 0.25) is 10.0 Å². The SMILES string of the molecule is COc1ccc(S(=O)(=O)N(CC(C)C)C[C@@H](O)[C@@H](CC(=O)O[C@H]2CO[C@H]3OC[C@H](N=[N+]=[N-])[C@H]32)Cc2ccccc2)cc1. The summed E-state index contributed by atoms with van der Waals surface area (Å²) in [6.07, 6.45) is -2.29. The lowest BCUT2D eigenvalue weighted by Gasteiger charge is -2.30. The minimum absolute atomic E-state index is 0.0179. The molecule has 2 aliphatic rings. The molecule has 2 fully saturated rings. The first-order valence-corrected chi connectivity index (χ1v) is 15.4. The van der Waals surface area contributed by atoms with Crippen molar-refractivity contribution in [3.63, 3.8) is 0 Å². The van der Waals surface area contributed by atoms with Gasteiger partial charge in [-0.15, -0.1) is 0 Å². The van der Waals surface area contributed by atoms with Crippen molar-refractivity contribution in [2.45, 2.75) is 56.1 Å². The van der Waals surface area contributed by atoms with E-state index in [4.69, 9.17) is 24.5 Å². The monoisotopic (exact) mass is 602 g/mol. The lowest BCUT2D eigenvalue weighted by Crippen LogP contribution is -2.43. The predicted molar refractivity (Wildman–Crippen MR) is 153 cm³/mol. The average Bonchev–Trinajstić information content (AvgIpc) is 3.56. The second-order valence-electron chi connectivity index (χ2n) is 11.0. The molecule has 2 aromatic carbocycles. The number of benzene rings is 2. The van der Waals surface area contributed by atoms with Crippen LogP contribution in [-0.4, -0.2) is 81.8 Å². The van der Waals surface area contributed by atoms with Gasteiger partial charge in [0.1, 0.15) is 11.9 Å². The smallest absolute Gasteiger partial charge is 0.306 e.